The standard InChI is InChI=1S/C16H13N3O2/c17-11-6-8-14(18-9-11)19-16(21)13-7-5-10-3-1-2-4-12(10)15(13)20/h1-9,20H,17H2,(H,18,19,21). The zero-order valence-electron chi connectivity index (χ0n) is 11.1. The van der Waals surface area contributed by atoms with E-state index in [1.54, 1.807) is 30.3 Å². The van der Waals surface area contributed by atoms with Crippen LogP contribution in [0.25, 0.3) is 10.8 Å². The molecule has 21 heavy (non-hydrogen) atoms. The lowest BCUT2D eigenvalue weighted by Gasteiger charge is -2.08. The largest absolute Gasteiger partial charge is 0.506 e. The molecule has 1 heterocycles. The molecular formula is C16H13N3O2. The van der Waals surface area contributed by atoms with Gasteiger partial charge in [0.1, 0.15) is 11.6 Å². The summed E-state index contributed by atoms with van der Waals surface area (Å²) < 4.78 is 0. The number of nitrogens with one attached hydrogen (secondary N) is 1. The lowest BCUT2D eigenvalue weighted by molar-refractivity contribution is 0.102. The first-order chi connectivity index (χ1) is 10.1. The van der Waals surface area contributed by atoms with E-state index in [9.17, 15) is 9.90 Å². The van der Waals surface area contributed by atoms with Crippen LogP contribution in [0.4, 0.5) is 11.5 Å². The molecule has 0 aliphatic heterocycles. The maximum atomic E-state index is 12.2. The van der Waals surface area contributed by atoms with Gasteiger partial charge in [0, 0.05) is 5.39 Å². The highest BCUT2D eigenvalue weighted by Gasteiger charge is 2.14. The number of nitrogens with two attached hydrogens (primary N) is 1. The van der Waals surface area contributed by atoms with Gasteiger partial charge in [0.2, 0.25) is 0 Å². The molecule has 0 aliphatic rings. The molecule has 0 radical (unpaired) electrons. The number of aromatic hydroxyl groups is 1. The number of amides is 1. The van der Waals surface area contributed by atoms with E-state index >= 15 is 0 Å². The van der Waals surface area contributed by atoms with Crippen molar-refractivity contribution in [2.45, 2.75) is 0 Å². The van der Waals surface area contributed by atoms with Crippen molar-refractivity contribution >= 4 is 28.2 Å². The number of carbonyl (C=O) groups excluding carboxylic acids is 1. The van der Waals surface area contributed by atoms with Gasteiger partial charge in [-0.3, -0.25) is 4.79 Å². The van der Waals surface area contributed by atoms with Crippen molar-refractivity contribution in [2.24, 2.45) is 0 Å². The van der Waals surface area contributed by atoms with Gasteiger partial charge in [-0.1, -0.05) is 30.3 Å². The van der Waals surface area contributed by atoms with E-state index in [2.05, 4.69) is 10.3 Å². The molecule has 0 bridgehead atoms. The average molecular weight is 279 g/mol. The Morgan fingerprint density at radius 1 is 1.10 bits per heavy atom. The molecule has 5 nitrogen and oxygen atoms in total. The molecule has 4 N–H and O–H groups in total. The number of aromatic nitrogens is 1. The van der Waals surface area contributed by atoms with E-state index in [-0.39, 0.29) is 11.3 Å². The Morgan fingerprint density at radius 2 is 1.90 bits per heavy atom. The van der Waals surface area contributed by atoms with E-state index in [0.29, 0.717) is 16.9 Å². The minimum absolute atomic E-state index is 0.0407. The predicted molar refractivity (Wildman–Crippen MR) is 82.2 cm³/mol. The van der Waals surface area contributed by atoms with Crippen LogP contribution < -0.4 is 11.1 Å². The van der Waals surface area contributed by atoms with Gasteiger partial charge in [-0.2, -0.15) is 0 Å². The number of benzene rings is 2. The van der Waals surface area contributed by atoms with Crippen LogP contribution >= 0.6 is 0 Å². The molecule has 1 aromatic heterocycles. The van der Waals surface area contributed by atoms with Gasteiger partial charge >= 0.3 is 0 Å². The molecule has 0 aliphatic carbocycles. The lowest BCUT2D eigenvalue weighted by Crippen LogP contribution is -2.13. The van der Waals surface area contributed by atoms with Gasteiger partial charge in [-0.15, -0.1) is 0 Å². The van der Waals surface area contributed by atoms with Crippen LogP contribution in [0.3, 0.4) is 0 Å². The van der Waals surface area contributed by atoms with Crippen molar-refractivity contribution in [1.82, 2.24) is 4.98 Å². The Bertz CT molecular complexity index is 813. The SMILES string of the molecule is Nc1ccc(NC(=O)c2ccc3ccccc3c2O)nc1. The summed E-state index contributed by atoms with van der Waals surface area (Å²) in [6, 6.07) is 13.9. The summed E-state index contributed by atoms with van der Waals surface area (Å²) in [5, 5.41) is 14.4. The maximum absolute atomic E-state index is 12.2. The third-order valence-corrected chi connectivity index (χ3v) is 3.17. The first-order valence-electron chi connectivity index (χ1n) is 6.39. The Morgan fingerprint density at radius 3 is 2.67 bits per heavy atom. The predicted octanol–water partition coefficient (Wildman–Crippen LogP) is 2.77. The fourth-order valence-corrected chi connectivity index (χ4v) is 2.10. The van der Waals surface area contributed by atoms with Gasteiger partial charge in [-0.25, -0.2) is 4.98 Å². The molecule has 1 amide bonds. The normalized spacial score (nSPS) is 10.5. The summed E-state index contributed by atoms with van der Waals surface area (Å²) in [5.41, 5.74) is 6.26. The van der Waals surface area contributed by atoms with Crippen LogP contribution in [0.1, 0.15) is 10.4 Å². The van der Waals surface area contributed by atoms with Gasteiger partial charge < -0.3 is 16.2 Å². The number of rotatable bonds is 2. The quantitative estimate of drug-likeness (QED) is 0.673. The molecule has 5 heteroatoms. The summed E-state index contributed by atoms with van der Waals surface area (Å²) in [7, 11) is 0. The molecule has 0 atom stereocenters. The second kappa shape index (κ2) is 5.13. The highest BCUT2D eigenvalue weighted by Crippen LogP contribution is 2.28. The Balaban J connectivity index is 1.94. The van der Waals surface area contributed by atoms with E-state index in [0.717, 1.165) is 5.39 Å². The third kappa shape index (κ3) is 2.49. The first-order valence-corrected chi connectivity index (χ1v) is 6.39. The van der Waals surface area contributed by atoms with Crippen molar-refractivity contribution in [2.75, 3.05) is 11.1 Å². The fraction of sp³-hybridized carbons (Fsp3) is 0. The number of hydrogen-bond acceptors (Lipinski definition) is 4. The molecule has 2 aromatic carbocycles. The maximum Gasteiger partial charge on any atom is 0.260 e. The number of nitrogens with zero attached hydrogens (tertiary/aromatic N) is 1. The number of fused-ring (bicyclic) bond motifs is 1. The Hall–Kier alpha value is -3.08. The van der Waals surface area contributed by atoms with Gasteiger partial charge in [-0.05, 0) is 23.6 Å². The van der Waals surface area contributed by atoms with Crippen molar-refractivity contribution in [3.05, 3.63) is 60.3 Å². The monoisotopic (exact) mass is 279 g/mol. The zero-order valence-corrected chi connectivity index (χ0v) is 11.1. The number of phenolic OH excluding ortho intramolecular Hbond substituents is 1. The molecule has 0 fully saturated rings. The smallest absolute Gasteiger partial charge is 0.260 e. The van der Waals surface area contributed by atoms with Crippen LogP contribution in [0.5, 0.6) is 5.75 Å². The minimum atomic E-state index is -0.421. The molecular weight excluding hydrogens is 266 g/mol. The van der Waals surface area contributed by atoms with E-state index in [1.807, 2.05) is 18.2 Å². The Kier molecular flexibility index (Phi) is 3.16. The van der Waals surface area contributed by atoms with Crippen molar-refractivity contribution in [3.8, 4) is 5.75 Å². The molecule has 3 rings (SSSR count). The van der Waals surface area contributed by atoms with E-state index in [4.69, 9.17) is 5.73 Å². The molecule has 0 saturated heterocycles. The van der Waals surface area contributed by atoms with Crippen molar-refractivity contribution < 1.29 is 9.90 Å². The highest BCUT2D eigenvalue weighted by atomic mass is 16.3. The highest BCUT2D eigenvalue weighted by molar-refractivity contribution is 6.09. The topological polar surface area (TPSA) is 88.2 Å². The number of hydrogen-bond donors (Lipinski definition) is 3. The summed E-state index contributed by atoms with van der Waals surface area (Å²) in [5.74, 6) is -0.0849. The van der Waals surface area contributed by atoms with Gasteiger partial charge in [0.05, 0.1) is 17.4 Å². The van der Waals surface area contributed by atoms with Gasteiger partial charge in [0.15, 0.2) is 0 Å². The van der Waals surface area contributed by atoms with Crippen LogP contribution in [-0.2, 0) is 0 Å². The van der Waals surface area contributed by atoms with Crippen LogP contribution in [-0.4, -0.2) is 16.0 Å². The van der Waals surface area contributed by atoms with E-state index < -0.39 is 5.91 Å². The first kappa shape index (κ1) is 12.9. The molecule has 3 aromatic rings. The zero-order chi connectivity index (χ0) is 14.8. The Labute approximate surface area is 121 Å². The molecule has 0 saturated carbocycles. The second-order valence-electron chi connectivity index (χ2n) is 4.61. The number of pyridine rings is 1. The summed E-state index contributed by atoms with van der Waals surface area (Å²) in [4.78, 5) is 16.2. The average Bonchev–Trinajstić information content (AvgIpc) is 2.50. The number of carbonyl (C=O) groups is 1. The summed E-state index contributed by atoms with van der Waals surface area (Å²) in [6.07, 6.45) is 1.45. The fourth-order valence-electron chi connectivity index (χ4n) is 2.10. The van der Waals surface area contributed by atoms with Crippen LogP contribution in [0, 0.1) is 0 Å². The second-order valence-corrected chi connectivity index (χ2v) is 4.61. The number of nitrogen functional groups attached to an aromatic ring is 1. The van der Waals surface area contributed by atoms with Gasteiger partial charge in [0.25, 0.3) is 5.91 Å². The molecule has 0 unspecified atom stereocenters. The minimum Gasteiger partial charge on any atom is -0.506 e. The summed E-state index contributed by atoms with van der Waals surface area (Å²) in [6.45, 7) is 0. The van der Waals surface area contributed by atoms with Crippen molar-refractivity contribution in [1.29, 1.82) is 0 Å². The lowest BCUT2D eigenvalue weighted by atomic mass is 10.0. The molecule has 104 valence electrons. The van der Waals surface area contributed by atoms with Crippen LogP contribution in [0.15, 0.2) is 54.7 Å². The third-order valence-electron chi connectivity index (χ3n) is 3.17. The van der Waals surface area contributed by atoms with Crippen LogP contribution in [0.2, 0.25) is 0 Å². The number of anilines is 2. The molecule has 0 spiro atoms. The summed E-state index contributed by atoms with van der Waals surface area (Å²) >= 11 is 0. The van der Waals surface area contributed by atoms with E-state index in [1.165, 1.54) is 6.20 Å². The number of phenols is 1. The van der Waals surface area contributed by atoms with Crippen molar-refractivity contribution in [3.63, 3.8) is 0 Å².